The number of carbonyl (C=O) groups excluding carboxylic acids is 1. The number of hydrogen-bond donors (Lipinski definition) is 3. The topological polar surface area (TPSA) is 82.2 Å². The lowest BCUT2D eigenvalue weighted by molar-refractivity contribution is 0.0976. The number of hydrogen-bond acceptors (Lipinski definition) is 3. The molecule has 0 aliphatic rings. The van der Waals surface area contributed by atoms with E-state index in [0.717, 1.165) is 35.5 Å². The van der Waals surface area contributed by atoms with Crippen LogP contribution in [0.3, 0.4) is 0 Å². The van der Waals surface area contributed by atoms with Crippen LogP contribution in [0.5, 0.6) is 0 Å². The highest BCUT2D eigenvalue weighted by Crippen LogP contribution is 2.20. The first kappa shape index (κ1) is 23.1. The molecule has 0 fully saturated rings. The van der Waals surface area contributed by atoms with Crippen molar-refractivity contribution in [1.82, 2.24) is 15.5 Å². The first-order valence-corrected chi connectivity index (χ1v) is 10.4. The molecule has 0 spiro atoms. The monoisotopic (exact) mass is 483 g/mol. The lowest BCUT2D eigenvalue weighted by Gasteiger charge is -2.11. The van der Waals surface area contributed by atoms with Crippen LogP contribution in [0.15, 0.2) is 77.8 Å². The summed E-state index contributed by atoms with van der Waals surface area (Å²) in [6.07, 6.45) is 0. The van der Waals surface area contributed by atoms with Crippen LogP contribution in [0, 0.1) is 17.5 Å². The van der Waals surface area contributed by atoms with Gasteiger partial charge in [0.2, 0.25) is 5.96 Å². The van der Waals surface area contributed by atoms with Gasteiger partial charge < -0.3 is 5.32 Å². The number of aromatic nitrogens is 2. The molecule has 6 nitrogen and oxygen atoms in total. The van der Waals surface area contributed by atoms with E-state index in [9.17, 15) is 18.0 Å². The van der Waals surface area contributed by atoms with Crippen LogP contribution < -0.4 is 10.6 Å². The minimum absolute atomic E-state index is 0.00449. The highest BCUT2D eigenvalue weighted by atomic mass is 35.5. The third-order valence-electron chi connectivity index (χ3n) is 4.75. The van der Waals surface area contributed by atoms with Gasteiger partial charge in [0.1, 0.15) is 5.82 Å². The minimum atomic E-state index is -1.16. The Balaban J connectivity index is 1.58. The smallest absolute Gasteiger partial charge is 0.258 e. The quantitative estimate of drug-likeness (QED) is 0.257. The maximum absolute atomic E-state index is 13.6. The molecule has 4 aromatic rings. The largest absolute Gasteiger partial charge is 0.309 e. The molecular formula is C24H17ClF3N5O. The molecule has 0 atom stereocenters. The van der Waals surface area contributed by atoms with Gasteiger partial charge in [-0.2, -0.15) is 5.10 Å². The fourth-order valence-corrected chi connectivity index (χ4v) is 3.24. The summed E-state index contributed by atoms with van der Waals surface area (Å²) in [7, 11) is 0. The third-order valence-corrected chi connectivity index (χ3v) is 5.10. The van der Waals surface area contributed by atoms with E-state index in [-0.39, 0.29) is 23.1 Å². The lowest BCUT2D eigenvalue weighted by atomic mass is 10.2. The Hall–Kier alpha value is -4.11. The van der Waals surface area contributed by atoms with Crippen LogP contribution in [0.1, 0.15) is 15.9 Å². The van der Waals surface area contributed by atoms with E-state index in [1.165, 1.54) is 12.1 Å². The molecule has 0 saturated heterocycles. The van der Waals surface area contributed by atoms with Crippen molar-refractivity contribution in [2.24, 2.45) is 4.99 Å². The Morgan fingerprint density at radius 1 is 0.971 bits per heavy atom. The van der Waals surface area contributed by atoms with Gasteiger partial charge in [0.05, 0.1) is 12.2 Å². The van der Waals surface area contributed by atoms with Gasteiger partial charge in [0, 0.05) is 16.7 Å². The Kier molecular flexibility index (Phi) is 6.93. The van der Waals surface area contributed by atoms with Crippen LogP contribution in [0.25, 0.3) is 11.3 Å². The molecule has 0 saturated carbocycles. The second kappa shape index (κ2) is 10.2. The predicted octanol–water partition coefficient (Wildman–Crippen LogP) is 5.55. The number of aliphatic imine (C=N–C) groups is 1. The van der Waals surface area contributed by atoms with E-state index in [0.29, 0.717) is 11.4 Å². The van der Waals surface area contributed by atoms with Crippen molar-refractivity contribution in [3.8, 4) is 11.3 Å². The van der Waals surface area contributed by atoms with Crippen molar-refractivity contribution in [2.45, 2.75) is 6.54 Å². The van der Waals surface area contributed by atoms with Gasteiger partial charge in [0.15, 0.2) is 17.5 Å². The summed E-state index contributed by atoms with van der Waals surface area (Å²) < 4.78 is 40.1. The second-order valence-electron chi connectivity index (χ2n) is 7.14. The van der Waals surface area contributed by atoms with E-state index < -0.39 is 23.4 Å². The number of amides is 1. The predicted molar refractivity (Wildman–Crippen MR) is 124 cm³/mol. The molecule has 3 aromatic carbocycles. The molecule has 0 unspecified atom stereocenters. The van der Waals surface area contributed by atoms with Crippen LogP contribution >= 0.6 is 11.6 Å². The van der Waals surface area contributed by atoms with Gasteiger partial charge in [-0.25, -0.2) is 18.2 Å². The second-order valence-corrected chi connectivity index (χ2v) is 7.55. The average Bonchev–Trinajstić information content (AvgIpc) is 3.29. The van der Waals surface area contributed by atoms with Crippen LogP contribution in [0.4, 0.5) is 19.0 Å². The molecule has 0 radical (unpaired) electrons. The number of rotatable bonds is 5. The Labute approximate surface area is 197 Å². The molecular weight excluding hydrogens is 467 g/mol. The van der Waals surface area contributed by atoms with Crippen LogP contribution in [0.2, 0.25) is 5.02 Å². The summed E-state index contributed by atoms with van der Waals surface area (Å²) in [5.74, 6) is -3.13. The summed E-state index contributed by atoms with van der Waals surface area (Å²) in [5.41, 5.74) is 2.01. The zero-order chi connectivity index (χ0) is 24.1. The lowest BCUT2D eigenvalue weighted by Crippen LogP contribution is -2.36. The number of benzene rings is 3. The average molecular weight is 484 g/mol. The minimum Gasteiger partial charge on any atom is -0.309 e. The third kappa shape index (κ3) is 5.62. The number of nitrogens with one attached hydrogen (secondary N) is 3. The maximum Gasteiger partial charge on any atom is 0.258 e. The molecule has 1 heterocycles. The number of aromatic amines is 1. The van der Waals surface area contributed by atoms with Crippen molar-refractivity contribution < 1.29 is 18.0 Å². The van der Waals surface area contributed by atoms with E-state index in [2.05, 4.69) is 25.8 Å². The van der Waals surface area contributed by atoms with Crippen molar-refractivity contribution in [3.05, 3.63) is 106 Å². The summed E-state index contributed by atoms with van der Waals surface area (Å²) in [6, 6.07) is 17.8. The molecule has 1 amide bonds. The molecule has 0 aliphatic heterocycles. The van der Waals surface area contributed by atoms with Gasteiger partial charge >= 0.3 is 0 Å². The first-order chi connectivity index (χ1) is 16.4. The molecule has 0 bridgehead atoms. The Morgan fingerprint density at radius 3 is 2.50 bits per heavy atom. The van der Waals surface area contributed by atoms with E-state index in [1.54, 1.807) is 6.07 Å². The normalized spacial score (nSPS) is 11.4. The molecule has 172 valence electrons. The Bertz CT molecular complexity index is 1360. The maximum atomic E-state index is 13.6. The van der Waals surface area contributed by atoms with Crippen LogP contribution in [-0.2, 0) is 6.54 Å². The number of anilines is 1. The van der Waals surface area contributed by atoms with Crippen molar-refractivity contribution in [3.63, 3.8) is 0 Å². The number of H-pyrrole nitrogens is 1. The van der Waals surface area contributed by atoms with Gasteiger partial charge in [-0.15, -0.1) is 0 Å². The van der Waals surface area contributed by atoms with Gasteiger partial charge in [-0.05, 0) is 41.5 Å². The van der Waals surface area contributed by atoms with E-state index in [1.807, 2.05) is 30.3 Å². The zero-order valence-corrected chi connectivity index (χ0v) is 18.2. The summed E-state index contributed by atoms with van der Waals surface area (Å²) in [4.78, 5) is 16.9. The van der Waals surface area contributed by atoms with E-state index in [4.69, 9.17) is 11.6 Å². The standard InChI is InChI=1S/C24H17ClF3N5O/c25-18-11-17(26)8-6-16(18)13-29-24(31-23(34)15-7-9-19(27)20(28)10-15)30-22-12-21(32-33-22)14-4-2-1-3-5-14/h1-12H,13H2,(H3,29,30,31,32,33,34). The van der Waals surface area contributed by atoms with Gasteiger partial charge in [0.25, 0.3) is 5.91 Å². The molecule has 1 aromatic heterocycles. The molecule has 10 heteroatoms. The molecule has 4 rings (SSSR count). The van der Waals surface area contributed by atoms with Gasteiger partial charge in [-0.3, -0.25) is 15.2 Å². The molecule has 34 heavy (non-hydrogen) atoms. The SMILES string of the molecule is O=C(NC(=NCc1ccc(F)cc1Cl)Nc1cc(-c2ccccc2)[nH]n1)c1ccc(F)c(F)c1. The number of nitrogens with zero attached hydrogens (tertiary/aromatic N) is 2. The van der Waals surface area contributed by atoms with Crippen LogP contribution in [-0.4, -0.2) is 22.1 Å². The highest BCUT2D eigenvalue weighted by molar-refractivity contribution is 6.31. The number of carbonyl (C=O) groups is 1. The first-order valence-electron chi connectivity index (χ1n) is 10.0. The number of guanidine groups is 1. The van der Waals surface area contributed by atoms with E-state index >= 15 is 0 Å². The zero-order valence-electron chi connectivity index (χ0n) is 17.4. The number of halogens is 4. The van der Waals surface area contributed by atoms with Crippen molar-refractivity contribution in [2.75, 3.05) is 5.32 Å². The highest BCUT2D eigenvalue weighted by Gasteiger charge is 2.14. The summed E-state index contributed by atoms with van der Waals surface area (Å²) in [6.45, 7) is -0.00449. The summed E-state index contributed by atoms with van der Waals surface area (Å²) >= 11 is 6.07. The van der Waals surface area contributed by atoms with Gasteiger partial charge in [-0.1, -0.05) is 48.0 Å². The van der Waals surface area contributed by atoms with Crippen molar-refractivity contribution >= 4 is 29.3 Å². The fourth-order valence-electron chi connectivity index (χ4n) is 3.01. The van der Waals surface area contributed by atoms with Crippen molar-refractivity contribution in [1.29, 1.82) is 0 Å². The fraction of sp³-hybridized carbons (Fsp3) is 0.0417. The summed E-state index contributed by atoms with van der Waals surface area (Å²) in [5, 5.41) is 12.6. The molecule has 0 aliphatic carbocycles. The Morgan fingerprint density at radius 2 is 1.76 bits per heavy atom. The molecule has 3 N–H and O–H groups in total.